The van der Waals surface area contributed by atoms with E-state index in [0.717, 1.165) is 5.75 Å². The smallest absolute Gasteiger partial charge is 0.329 e. The van der Waals surface area contributed by atoms with Gasteiger partial charge in [-0.3, -0.25) is 0 Å². The molecule has 0 heterocycles. The van der Waals surface area contributed by atoms with Gasteiger partial charge in [-0.1, -0.05) is 17.7 Å². The van der Waals surface area contributed by atoms with Crippen molar-refractivity contribution in [2.45, 2.75) is 26.3 Å². The Labute approximate surface area is 108 Å². The first-order chi connectivity index (χ1) is 8.51. The Kier molecular flexibility index (Phi) is 5.16. The average Bonchev–Trinajstić information content (AvgIpc) is 2.38. The van der Waals surface area contributed by atoms with Gasteiger partial charge >= 0.3 is 5.97 Å². The van der Waals surface area contributed by atoms with Gasteiger partial charge in [-0.25, -0.2) is 4.79 Å². The molecule has 1 rings (SSSR count). The monoisotopic (exact) mass is 251 g/mol. The molecule has 0 aliphatic carbocycles. The summed E-state index contributed by atoms with van der Waals surface area (Å²) in [5.74, 6) is 0.436. The lowest BCUT2D eigenvalue weighted by Crippen LogP contribution is -2.53. The Morgan fingerprint density at radius 2 is 1.94 bits per heavy atom. The van der Waals surface area contributed by atoms with E-state index in [1.54, 1.807) is 20.9 Å². The number of ether oxygens (including phenoxy) is 2. The molecule has 0 bridgehead atoms. The highest BCUT2D eigenvalue weighted by Crippen LogP contribution is 2.14. The van der Waals surface area contributed by atoms with Gasteiger partial charge in [-0.2, -0.15) is 0 Å². The van der Waals surface area contributed by atoms with Gasteiger partial charge in [0.25, 0.3) is 0 Å². The summed E-state index contributed by atoms with van der Waals surface area (Å²) in [6, 6.07) is 7.71. The molecule has 4 heteroatoms. The van der Waals surface area contributed by atoms with Crippen molar-refractivity contribution in [1.82, 2.24) is 5.32 Å². The van der Waals surface area contributed by atoms with Gasteiger partial charge in [0.1, 0.15) is 17.9 Å². The van der Waals surface area contributed by atoms with E-state index >= 15 is 0 Å². The van der Waals surface area contributed by atoms with Crippen molar-refractivity contribution in [3.05, 3.63) is 29.8 Å². The zero-order valence-electron chi connectivity index (χ0n) is 11.4. The van der Waals surface area contributed by atoms with Crippen molar-refractivity contribution >= 4 is 5.97 Å². The highest BCUT2D eigenvalue weighted by molar-refractivity contribution is 5.80. The summed E-state index contributed by atoms with van der Waals surface area (Å²) in [6.07, 6.45) is 0. The fraction of sp³-hybridized carbons (Fsp3) is 0.500. The normalized spacial score (nSPS) is 13.8. The second-order valence-electron chi connectivity index (χ2n) is 4.40. The molecular weight excluding hydrogens is 230 g/mol. The van der Waals surface area contributed by atoms with Crippen LogP contribution >= 0.6 is 0 Å². The van der Waals surface area contributed by atoms with Crippen LogP contribution in [0.5, 0.6) is 5.75 Å². The standard InChI is InChI=1S/C14H21NO3/c1-5-17-13(16)14(3,15-4)10-18-12-8-6-11(2)7-9-12/h6-9,15H,5,10H2,1-4H3. The molecule has 0 aliphatic heterocycles. The van der Waals surface area contributed by atoms with E-state index in [0.29, 0.717) is 6.61 Å². The number of nitrogens with one attached hydrogen (secondary N) is 1. The molecule has 1 aromatic rings. The lowest BCUT2D eigenvalue weighted by Gasteiger charge is -2.26. The first-order valence-electron chi connectivity index (χ1n) is 6.07. The second kappa shape index (κ2) is 6.40. The lowest BCUT2D eigenvalue weighted by atomic mass is 10.1. The molecule has 0 saturated carbocycles. The predicted molar refractivity (Wildman–Crippen MR) is 70.8 cm³/mol. The summed E-state index contributed by atoms with van der Waals surface area (Å²) in [7, 11) is 1.72. The maximum absolute atomic E-state index is 11.8. The Morgan fingerprint density at radius 1 is 1.33 bits per heavy atom. The Morgan fingerprint density at radius 3 is 2.44 bits per heavy atom. The van der Waals surface area contributed by atoms with Crippen molar-refractivity contribution in [1.29, 1.82) is 0 Å². The summed E-state index contributed by atoms with van der Waals surface area (Å²) in [6.45, 7) is 6.15. The van der Waals surface area contributed by atoms with Gasteiger partial charge in [0.05, 0.1) is 6.61 Å². The predicted octanol–water partition coefficient (Wildman–Crippen LogP) is 1.92. The first-order valence-corrected chi connectivity index (χ1v) is 6.07. The molecule has 1 aromatic carbocycles. The van der Waals surface area contributed by atoms with E-state index < -0.39 is 5.54 Å². The van der Waals surface area contributed by atoms with Crippen LogP contribution in [0.2, 0.25) is 0 Å². The van der Waals surface area contributed by atoms with Crippen molar-refractivity contribution in [3.8, 4) is 5.75 Å². The van der Waals surface area contributed by atoms with Crippen LogP contribution in [-0.4, -0.2) is 31.8 Å². The summed E-state index contributed by atoms with van der Waals surface area (Å²) in [4.78, 5) is 11.8. The molecule has 1 unspecified atom stereocenters. The van der Waals surface area contributed by atoms with Crippen molar-refractivity contribution in [2.75, 3.05) is 20.3 Å². The number of hydrogen-bond donors (Lipinski definition) is 1. The van der Waals surface area contributed by atoms with Gasteiger partial charge < -0.3 is 14.8 Å². The largest absolute Gasteiger partial charge is 0.491 e. The van der Waals surface area contributed by atoms with E-state index in [1.807, 2.05) is 31.2 Å². The number of carbonyl (C=O) groups excluding carboxylic acids is 1. The number of carbonyl (C=O) groups is 1. The minimum atomic E-state index is -0.832. The Balaban J connectivity index is 2.63. The lowest BCUT2D eigenvalue weighted by molar-refractivity contribution is -0.151. The van der Waals surface area contributed by atoms with Crippen LogP contribution in [0.25, 0.3) is 0 Å². The maximum atomic E-state index is 11.8. The third-order valence-corrected chi connectivity index (χ3v) is 2.83. The Bertz CT molecular complexity index is 389. The van der Waals surface area contributed by atoms with Gasteiger partial charge in [-0.05, 0) is 40.0 Å². The van der Waals surface area contributed by atoms with Crippen molar-refractivity contribution in [2.24, 2.45) is 0 Å². The summed E-state index contributed by atoms with van der Waals surface area (Å²) in [5, 5.41) is 2.95. The number of rotatable bonds is 6. The molecule has 100 valence electrons. The number of likely N-dealkylation sites (N-methyl/N-ethyl adjacent to an activating group) is 1. The van der Waals surface area contributed by atoms with Gasteiger partial charge in [0, 0.05) is 0 Å². The van der Waals surface area contributed by atoms with Crippen molar-refractivity contribution in [3.63, 3.8) is 0 Å². The number of hydrogen-bond acceptors (Lipinski definition) is 4. The van der Waals surface area contributed by atoms with E-state index in [9.17, 15) is 4.79 Å². The molecule has 0 spiro atoms. The van der Waals surface area contributed by atoms with Crippen LogP contribution in [0.4, 0.5) is 0 Å². The van der Waals surface area contributed by atoms with E-state index in [2.05, 4.69) is 5.32 Å². The number of esters is 1. The van der Waals surface area contributed by atoms with Crippen LogP contribution in [-0.2, 0) is 9.53 Å². The van der Waals surface area contributed by atoms with Gasteiger partial charge in [-0.15, -0.1) is 0 Å². The van der Waals surface area contributed by atoms with Gasteiger partial charge in [0.15, 0.2) is 0 Å². The van der Waals surface area contributed by atoms with Gasteiger partial charge in [0.2, 0.25) is 0 Å². The van der Waals surface area contributed by atoms with Crippen LogP contribution in [0.15, 0.2) is 24.3 Å². The highest BCUT2D eigenvalue weighted by Gasteiger charge is 2.34. The molecular formula is C14H21NO3. The molecule has 4 nitrogen and oxygen atoms in total. The van der Waals surface area contributed by atoms with Crippen LogP contribution in [0.3, 0.4) is 0 Å². The average molecular weight is 251 g/mol. The fourth-order valence-electron chi connectivity index (χ4n) is 1.39. The number of benzene rings is 1. The summed E-state index contributed by atoms with van der Waals surface area (Å²) in [5.41, 5.74) is 0.338. The third-order valence-electron chi connectivity index (χ3n) is 2.83. The third kappa shape index (κ3) is 3.74. The number of aryl methyl sites for hydroxylation is 1. The molecule has 18 heavy (non-hydrogen) atoms. The zero-order valence-corrected chi connectivity index (χ0v) is 11.4. The second-order valence-corrected chi connectivity index (χ2v) is 4.40. The van der Waals surface area contributed by atoms with Crippen LogP contribution < -0.4 is 10.1 Å². The molecule has 0 saturated heterocycles. The van der Waals surface area contributed by atoms with E-state index in [-0.39, 0.29) is 12.6 Å². The topological polar surface area (TPSA) is 47.6 Å². The maximum Gasteiger partial charge on any atom is 0.329 e. The molecule has 1 N–H and O–H groups in total. The molecule has 1 atom stereocenters. The minimum absolute atomic E-state index is 0.228. The fourth-order valence-corrected chi connectivity index (χ4v) is 1.39. The van der Waals surface area contributed by atoms with E-state index in [1.165, 1.54) is 5.56 Å². The quantitative estimate of drug-likeness (QED) is 0.785. The molecule has 0 aromatic heterocycles. The molecule has 0 aliphatic rings. The molecule has 0 radical (unpaired) electrons. The summed E-state index contributed by atoms with van der Waals surface area (Å²) >= 11 is 0. The molecule has 0 amide bonds. The minimum Gasteiger partial charge on any atom is -0.491 e. The van der Waals surface area contributed by atoms with Crippen LogP contribution in [0, 0.1) is 6.92 Å². The molecule has 0 fully saturated rings. The first kappa shape index (κ1) is 14.5. The summed E-state index contributed by atoms with van der Waals surface area (Å²) < 4.78 is 10.6. The Hall–Kier alpha value is -1.55. The van der Waals surface area contributed by atoms with E-state index in [4.69, 9.17) is 9.47 Å². The van der Waals surface area contributed by atoms with Crippen LogP contribution in [0.1, 0.15) is 19.4 Å². The zero-order chi connectivity index (χ0) is 13.6. The SMILES string of the molecule is CCOC(=O)C(C)(COc1ccc(C)cc1)NC. The van der Waals surface area contributed by atoms with Crippen molar-refractivity contribution < 1.29 is 14.3 Å². The highest BCUT2D eigenvalue weighted by atomic mass is 16.5.